The smallest absolute Gasteiger partial charge is 0.228 e. The number of carbonyl (C=O) groups excluding carboxylic acids is 1. The number of benzene rings is 2. The summed E-state index contributed by atoms with van der Waals surface area (Å²) in [5.41, 5.74) is 3.74. The molecule has 0 aliphatic rings. The molecule has 1 N–H and O–H groups in total. The van der Waals surface area contributed by atoms with E-state index in [1.807, 2.05) is 32.0 Å². The van der Waals surface area contributed by atoms with Crippen molar-refractivity contribution in [2.75, 3.05) is 11.1 Å². The Morgan fingerprint density at radius 1 is 1.00 bits per heavy atom. The molecule has 2 aromatic carbocycles. The predicted octanol–water partition coefficient (Wildman–Crippen LogP) is 3.28. The van der Waals surface area contributed by atoms with Crippen molar-refractivity contribution >= 4 is 21.4 Å². The molecule has 0 unspecified atom stereocenters. The average Bonchev–Trinajstić information content (AvgIpc) is 2.46. The number of hydrogen-bond acceptors (Lipinski definition) is 3. The van der Waals surface area contributed by atoms with E-state index in [4.69, 9.17) is 0 Å². The molecular formula is C18H21NO3S. The fourth-order valence-electron chi connectivity index (χ4n) is 2.42. The van der Waals surface area contributed by atoms with Crippen molar-refractivity contribution in [3.63, 3.8) is 0 Å². The van der Waals surface area contributed by atoms with Crippen molar-refractivity contribution in [2.24, 2.45) is 0 Å². The highest BCUT2D eigenvalue weighted by molar-refractivity contribution is 7.91. The lowest BCUT2D eigenvalue weighted by molar-refractivity contribution is -0.115. The fraction of sp³-hybridized carbons (Fsp3) is 0.278. The molecule has 1 amide bonds. The SMILES string of the molecule is CCS(=O)(=O)c1ccc(CC(=O)Nc2cc(C)cc(C)c2)cc1. The zero-order valence-electron chi connectivity index (χ0n) is 13.6. The number of nitrogens with one attached hydrogen (secondary N) is 1. The second kappa shape index (κ2) is 6.96. The number of carbonyl (C=O) groups is 1. The fourth-order valence-corrected chi connectivity index (χ4v) is 3.30. The first kappa shape index (κ1) is 17.2. The van der Waals surface area contributed by atoms with E-state index in [0.717, 1.165) is 22.4 Å². The Balaban J connectivity index is 2.06. The molecule has 0 aliphatic heterocycles. The molecule has 0 bridgehead atoms. The summed E-state index contributed by atoms with van der Waals surface area (Å²) in [7, 11) is -3.20. The van der Waals surface area contributed by atoms with Gasteiger partial charge in [-0.1, -0.05) is 25.1 Å². The minimum absolute atomic E-state index is 0.0690. The normalized spacial score (nSPS) is 11.3. The molecule has 2 rings (SSSR count). The molecule has 0 aliphatic carbocycles. The Bertz CT molecular complexity index is 788. The van der Waals surface area contributed by atoms with E-state index in [1.54, 1.807) is 31.2 Å². The van der Waals surface area contributed by atoms with Crippen LogP contribution in [0.2, 0.25) is 0 Å². The molecule has 0 heterocycles. The largest absolute Gasteiger partial charge is 0.326 e. The van der Waals surface area contributed by atoms with Crippen LogP contribution in [-0.4, -0.2) is 20.1 Å². The molecule has 0 atom stereocenters. The second-order valence-electron chi connectivity index (χ2n) is 5.65. The molecule has 23 heavy (non-hydrogen) atoms. The van der Waals surface area contributed by atoms with Gasteiger partial charge in [0.25, 0.3) is 0 Å². The summed E-state index contributed by atoms with van der Waals surface area (Å²) in [6.45, 7) is 5.58. The van der Waals surface area contributed by atoms with Crippen LogP contribution in [0.5, 0.6) is 0 Å². The zero-order chi connectivity index (χ0) is 17.0. The Kier molecular flexibility index (Phi) is 5.21. The van der Waals surface area contributed by atoms with Crippen LogP contribution in [0.3, 0.4) is 0 Å². The third-order valence-electron chi connectivity index (χ3n) is 3.53. The molecule has 4 nitrogen and oxygen atoms in total. The summed E-state index contributed by atoms with van der Waals surface area (Å²) in [6, 6.07) is 12.4. The molecular weight excluding hydrogens is 310 g/mol. The summed E-state index contributed by atoms with van der Waals surface area (Å²) in [6.07, 6.45) is 0.208. The molecule has 5 heteroatoms. The average molecular weight is 331 g/mol. The summed E-state index contributed by atoms with van der Waals surface area (Å²) in [5, 5.41) is 2.87. The summed E-state index contributed by atoms with van der Waals surface area (Å²) in [5.74, 6) is -0.0550. The van der Waals surface area contributed by atoms with Gasteiger partial charge in [-0.15, -0.1) is 0 Å². The van der Waals surface area contributed by atoms with E-state index in [2.05, 4.69) is 5.32 Å². The highest BCUT2D eigenvalue weighted by Gasteiger charge is 2.11. The van der Waals surface area contributed by atoms with E-state index in [0.29, 0.717) is 4.90 Å². The molecule has 0 saturated carbocycles. The quantitative estimate of drug-likeness (QED) is 0.914. The van der Waals surface area contributed by atoms with Gasteiger partial charge < -0.3 is 5.32 Å². The Labute approximate surface area is 137 Å². The van der Waals surface area contributed by atoms with Crippen LogP contribution in [0.25, 0.3) is 0 Å². The Morgan fingerprint density at radius 3 is 2.09 bits per heavy atom. The molecule has 122 valence electrons. The molecule has 0 saturated heterocycles. The van der Waals surface area contributed by atoms with Gasteiger partial charge in [0.05, 0.1) is 17.1 Å². The van der Waals surface area contributed by atoms with Crippen molar-refractivity contribution in [2.45, 2.75) is 32.1 Å². The van der Waals surface area contributed by atoms with Crippen LogP contribution in [-0.2, 0) is 21.1 Å². The van der Waals surface area contributed by atoms with E-state index in [-0.39, 0.29) is 18.1 Å². The van der Waals surface area contributed by atoms with Gasteiger partial charge in [0.15, 0.2) is 9.84 Å². The first-order valence-corrected chi connectivity index (χ1v) is 9.15. The molecule has 0 radical (unpaired) electrons. The number of amides is 1. The zero-order valence-corrected chi connectivity index (χ0v) is 14.4. The molecule has 2 aromatic rings. The van der Waals surface area contributed by atoms with Gasteiger partial charge in [-0.25, -0.2) is 8.42 Å². The van der Waals surface area contributed by atoms with Crippen molar-refractivity contribution in [3.05, 3.63) is 59.2 Å². The van der Waals surface area contributed by atoms with Crippen molar-refractivity contribution in [1.82, 2.24) is 0 Å². The van der Waals surface area contributed by atoms with Gasteiger partial charge in [-0.2, -0.15) is 0 Å². The number of aryl methyl sites for hydroxylation is 2. The Morgan fingerprint density at radius 2 is 1.57 bits per heavy atom. The van der Waals surface area contributed by atoms with Gasteiger partial charge in [0.1, 0.15) is 0 Å². The topological polar surface area (TPSA) is 63.2 Å². The minimum atomic E-state index is -3.20. The van der Waals surface area contributed by atoms with Gasteiger partial charge in [0, 0.05) is 5.69 Å². The van der Waals surface area contributed by atoms with Crippen LogP contribution in [0.15, 0.2) is 47.4 Å². The first-order valence-electron chi connectivity index (χ1n) is 7.50. The van der Waals surface area contributed by atoms with Crippen LogP contribution in [0.4, 0.5) is 5.69 Å². The highest BCUT2D eigenvalue weighted by Crippen LogP contribution is 2.15. The predicted molar refractivity (Wildman–Crippen MR) is 92.4 cm³/mol. The highest BCUT2D eigenvalue weighted by atomic mass is 32.2. The number of sulfone groups is 1. The van der Waals surface area contributed by atoms with Crippen LogP contribution < -0.4 is 5.32 Å². The number of anilines is 1. The standard InChI is InChI=1S/C18H21NO3S/c1-4-23(21,22)17-7-5-15(6-8-17)12-18(20)19-16-10-13(2)9-14(3)11-16/h5-11H,4,12H2,1-3H3,(H,19,20). The molecule has 0 aromatic heterocycles. The Hall–Kier alpha value is -2.14. The van der Waals surface area contributed by atoms with E-state index in [9.17, 15) is 13.2 Å². The van der Waals surface area contributed by atoms with Crippen LogP contribution in [0.1, 0.15) is 23.6 Å². The van der Waals surface area contributed by atoms with Crippen molar-refractivity contribution < 1.29 is 13.2 Å². The second-order valence-corrected chi connectivity index (χ2v) is 7.93. The summed E-state index contributed by atoms with van der Waals surface area (Å²) >= 11 is 0. The third kappa shape index (κ3) is 4.66. The third-order valence-corrected chi connectivity index (χ3v) is 5.28. The van der Waals surface area contributed by atoms with E-state index in [1.165, 1.54) is 0 Å². The summed E-state index contributed by atoms with van der Waals surface area (Å²) in [4.78, 5) is 12.4. The number of rotatable bonds is 5. The van der Waals surface area contributed by atoms with Crippen molar-refractivity contribution in [3.8, 4) is 0 Å². The summed E-state index contributed by atoms with van der Waals surface area (Å²) < 4.78 is 23.5. The van der Waals surface area contributed by atoms with Gasteiger partial charge >= 0.3 is 0 Å². The van der Waals surface area contributed by atoms with Gasteiger partial charge in [-0.05, 0) is 54.8 Å². The maximum absolute atomic E-state index is 12.1. The van der Waals surface area contributed by atoms with Crippen LogP contribution >= 0.6 is 0 Å². The number of hydrogen-bond donors (Lipinski definition) is 1. The van der Waals surface area contributed by atoms with Crippen LogP contribution in [0, 0.1) is 13.8 Å². The maximum Gasteiger partial charge on any atom is 0.228 e. The lowest BCUT2D eigenvalue weighted by Crippen LogP contribution is -2.14. The lowest BCUT2D eigenvalue weighted by atomic mass is 10.1. The van der Waals surface area contributed by atoms with E-state index < -0.39 is 9.84 Å². The van der Waals surface area contributed by atoms with E-state index >= 15 is 0 Å². The molecule has 0 fully saturated rings. The first-order chi connectivity index (χ1) is 10.8. The minimum Gasteiger partial charge on any atom is -0.326 e. The monoisotopic (exact) mass is 331 g/mol. The van der Waals surface area contributed by atoms with Gasteiger partial charge in [-0.3, -0.25) is 4.79 Å². The van der Waals surface area contributed by atoms with Crippen molar-refractivity contribution in [1.29, 1.82) is 0 Å². The maximum atomic E-state index is 12.1. The lowest BCUT2D eigenvalue weighted by Gasteiger charge is -2.08. The molecule has 0 spiro atoms. The van der Waals surface area contributed by atoms with Gasteiger partial charge in [0.2, 0.25) is 5.91 Å².